The zero-order valence-corrected chi connectivity index (χ0v) is 12.2. The van der Waals surface area contributed by atoms with Crippen LogP contribution in [-0.4, -0.2) is 20.9 Å². The van der Waals surface area contributed by atoms with E-state index >= 15 is 0 Å². The van der Waals surface area contributed by atoms with E-state index < -0.39 is 5.97 Å². The van der Waals surface area contributed by atoms with Gasteiger partial charge in [-0.05, 0) is 25.3 Å². The summed E-state index contributed by atoms with van der Waals surface area (Å²) in [6, 6.07) is 8.23. The minimum atomic E-state index is -0.868. The fraction of sp³-hybridized carbons (Fsp3) is 0.412. The van der Waals surface area contributed by atoms with Gasteiger partial charge in [0.2, 0.25) is 0 Å². The molecule has 2 aromatic rings. The van der Waals surface area contributed by atoms with Crippen molar-refractivity contribution in [1.29, 1.82) is 0 Å². The van der Waals surface area contributed by atoms with Crippen molar-refractivity contribution >= 4 is 5.97 Å². The van der Waals surface area contributed by atoms with Crippen molar-refractivity contribution in [1.82, 2.24) is 9.78 Å². The molecule has 1 aromatic heterocycles. The Morgan fingerprint density at radius 1 is 1.38 bits per heavy atom. The molecule has 0 amide bonds. The van der Waals surface area contributed by atoms with Crippen LogP contribution in [0, 0.1) is 6.92 Å². The first-order chi connectivity index (χ1) is 10.1. The van der Waals surface area contributed by atoms with Crippen LogP contribution in [0.1, 0.15) is 58.8 Å². The van der Waals surface area contributed by atoms with Crippen molar-refractivity contribution in [3.63, 3.8) is 0 Å². The molecule has 1 saturated carbocycles. The van der Waals surface area contributed by atoms with Crippen molar-refractivity contribution in [3.05, 3.63) is 52.8 Å². The molecule has 0 atom stereocenters. The molecular formula is C17H20N2O2. The number of carboxylic acid groups (broad SMARTS) is 1. The molecule has 21 heavy (non-hydrogen) atoms. The Labute approximate surface area is 124 Å². The minimum absolute atomic E-state index is 0.315. The Kier molecular flexibility index (Phi) is 3.78. The van der Waals surface area contributed by atoms with Crippen LogP contribution in [-0.2, 0) is 6.54 Å². The highest BCUT2D eigenvalue weighted by molar-refractivity contribution is 5.88. The molecule has 4 nitrogen and oxygen atoms in total. The summed E-state index contributed by atoms with van der Waals surface area (Å²) in [6.45, 7) is 2.67. The smallest absolute Gasteiger partial charge is 0.339 e. The third-order valence-electron chi connectivity index (χ3n) is 4.19. The van der Waals surface area contributed by atoms with Crippen molar-refractivity contribution < 1.29 is 9.90 Å². The van der Waals surface area contributed by atoms with Crippen molar-refractivity contribution in [2.24, 2.45) is 0 Å². The van der Waals surface area contributed by atoms with Gasteiger partial charge in [-0.2, -0.15) is 5.10 Å². The van der Waals surface area contributed by atoms with Gasteiger partial charge in [0.1, 0.15) is 5.56 Å². The summed E-state index contributed by atoms with van der Waals surface area (Å²) in [5.41, 5.74) is 3.49. The van der Waals surface area contributed by atoms with Crippen LogP contribution in [0.4, 0.5) is 0 Å². The van der Waals surface area contributed by atoms with Gasteiger partial charge in [-0.3, -0.25) is 4.68 Å². The van der Waals surface area contributed by atoms with Crippen molar-refractivity contribution in [2.45, 2.75) is 45.1 Å². The second kappa shape index (κ2) is 5.72. The van der Waals surface area contributed by atoms with Crippen LogP contribution < -0.4 is 0 Å². The average Bonchev–Trinajstić information content (AvgIpc) is 3.06. The fourth-order valence-corrected chi connectivity index (χ4v) is 3.18. The van der Waals surface area contributed by atoms with E-state index in [2.05, 4.69) is 24.2 Å². The first-order valence-electron chi connectivity index (χ1n) is 7.49. The lowest BCUT2D eigenvalue weighted by molar-refractivity contribution is 0.0695. The zero-order valence-electron chi connectivity index (χ0n) is 12.2. The number of aryl methyl sites for hydroxylation is 1. The van der Waals surface area contributed by atoms with Crippen molar-refractivity contribution in [2.75, 3.05) is 0 Å². The highest BCUT2D eigenvalue weighted by Gasteiger charge is 2.26. The molecule has 1 aromatic carbocycles. The second-order valence-electron chi connectivity index (χ2n) is 5.90. The number of nitrogens with zero attached hydrogens (tertiary/aromatic N) is 2. The van der Waals surface area contributed by atoms with E-state index in [1.807, 2.05) is 12.1 Å². The van der Waals surface area contributed by atoms with Gasteiger partial charge < -0.3 is 5.11 Å². The molecule has 0 bridgehead atoms. The molecule has 0 spiro atoms. The van der Waals surface area contributed by atoms with Gasteiger partial charge in [0.15, 0.2) is 0 Å². The summed E-state index contributed by atoms with van der Waals surface area (Å²) in [7, 11) is 0. The van der Waals surface area contributed by atoms with Gasteiger partial charge in [0, 0.05) is 12.1 Å². The summed E-state index contributed by atoms with van der Waals surface area (Å²) >= 11 is 0. The Morgan fingerprint density at radius 3 is 2.81 bits per heavy atom. The highest BCUT2D eigenvalue weighted by atomic mass is 16.4. The Bertz CT molecular complexity index is 655. The number of benzene rings is 1. The van der Waals surface area contributed by atoms with Gasteiger partial charge in [0.05, 0.1) is 12.2 Å². The molecule has 1 heterocycles. The Hall–Kier alpha value is -2.10. The van der Waals surface area contributed by atoms with E-state index in [1.165, 1.54) is 18.4 Å². The summed E-state index contributed by atoms with van der Waals surface area (Å²) < 4.78 is 1.77. The van der Waals surface area contributed by atoms with Gasteiger partial charge in [-0.1, -0.05) is 42.7 Å². The van der Waals surface area contributed by atoms with E-state index in [0.717, 1.165) is 24.1 Å². The maximum Gasteiger partial charge on any atom is 0.339 e. The average molecular weight is 284 g/mol. The molecule has 0 unspecified atom stereocenters. The molecule has 1 N–H and O–H groups in total. The summed E-state index contributed by atoms with van der Waals surface area (Å²) in [6.07, 6.45) is 6.14. The topological polar surface area (TPSA) is 55.1 Å². The fourth-order valence-electron chi connectivity index (χ4n) is 3.18. The quantitative estimate of drug-likeness (QED) is 0.933. The SMILES string of the molecule is Cc1cccc(Cn2cc(C(=O)O)c(C3CCCC3)n2)c1. The lowest BCUT2D eigenvalue weighted by atomic mass is 10.0. The van der Waals surface area contributed by atoms with E-state index in [1.54, 1.807) is 10.9 Å². The number of hydrogen-bond donors (Lipinski definition) is 1. The number of carboxylic acids is 1. The lowest BCUT2D eigenvalue weighted by Gasteiger charge is -2.06. The van der Waals surface area contributed by atoms with Crippen LogP contribution >= 0.6 is 0 Å². The molecule has 3 rings (SSSR count). The van der Waals surface area contributed by atoms with E-state index in [0.29, 0.717) is 18.0 Å². The Morgan fingerprint density at radius 2 is 2.14 bits per heavy atom. The Balaban J connectivity index is 1.89. The summed E-state index contributed by atoms with van der Waals surface area (Å²) in [4.78, 5) is 11.4. The van der Waals surface area contributed by atoms with Gasteiger partial charge in [-0.25, -0.2) is 4.79 Å². The number of hydrogen-bond acceptors (Lipinski definition) is 2. The van der Waals surface area contributed by atoms with Crippen LogP contribution in [0.2, 0.25) is 0 Å². The molecule has 1 fully saturated rings. The van der Waals surface area contributed by atoms with E-state index in [4.69, 9.17) is 0 Å². The summed E-state index contributed by atoms with van der Waals surface area (Å²) in [5.74, 6) is -0.553. The molecule has 0 aliphatic heterocycles. The minimum Gasteiger partial charge on any atom is -0.478 e. The highest BCUT2D eigenvalue weighted by Crippen LogP contribution is 2.35. The normalized spacial score (nSPS) is 15.5. The van der Waals surface area contributed by atoms with Crippen LogP contribution in [0.3, 0.4) is 0 Å². The van der Waals surface area contributed by atoms with Gasteiger partial charge in [-0.15, -0.1) is 0 Å². The third-order valence-corrected chi connectivity index (χ3v) is 4.19. The van der Waals surface area contributed by atoms with E-state index in [9.17, 15) is 9.90 Å². The monoisotopic (exact) mass is 284 g/mol. The van der Waals surface area contributed by atoms with Crippen LogP contribution in [0.5, 0.6) is 0 Å². The predicted octanol–water partition coefficient (Wildman–Crippen LogP) is 3.60. The van der Waals surface area contributed by atoms with Crippen LogP contribution in [0.15, 0.2) is 30.5 Å². The third kappa shape index (κ3) is 2.99. The van der Waals surface area contributed by atoms with Crippen LogP contribution in [0.25, 0.3) is 0 Å². The standard InChI is InChI=1S/C17H20N2O2/c1-12-5-4-6-13(9-12)10-19-11-15(17(20)21)16(18-19)14-7-2-3-8-14/h4-6,9,11,14H,2-3,7-8,10H2,1H3,(H,20,21). The van der Waals surface area contributed by atoms with E-state index in [-0.39, 0.29) is 0 Å². The molecule has 0 radical (unpaired) electrons. The maximum atomic E-state index is 11.4. The number of aromatic carboxylic acids is 1. The zero-order chi connectivity index (χ0) is 14.8. The predicted molar refractivity (Wildman–Crippen MR) is 80.7 cm³/mol. The number of rotatable bonds is 4. The largest absolute Gasteiger partial charge is 0.478 e. The van der Waals surface area contributed by atoms with Gasteiger partial charge in [0.25, 0.3) is 0 Å². The number of carbonyl (C=O) groups is 1. The lowest BCUT2D eigenvalue weighted by Crippen LogP contribution is -2.04. The molecule has 1 aliphatic carbocycles. The first-order valence-corrected chi connectivity index (χ1v) is 7.49. The molecule has 1 aliphatic rings. The molecule has 0 saturated heterocycles. The molecular weight excluding hydrogens is 264 g/mol. The van der Waals surface area contributed by atoms with Gasteiger partial charge >= 0.3 is 5.97 Å². The maximum absolute atomic E-state index is 11.4. The number of aromatic nitrogens is 2. The summed E-state index contributed by atoms with van der Waals surface area (Å²) in [5, 5.41) is 14.0. The van der Waals surface area contributed by atoms with Crippen molar-refractivity contribution in [3.8, 4) is 0 Å². The molecule has 110 valence electrons. The first kappa shape index (κ1) is 13.9. The molecule has 4 heteroatoms. The second-order valence-corrected chi connectivity index (χ2v) is 5.90.